The van der Waals surface area contributed by atoms with Gasteiger partial charge in [0, 0.05) is 37.4 Å². The minimum atomic E-state index is -3.94. The maximum Gasteiger partial charge on any atom is 0.253 e. The van der Waals surface area contributed by atoms with Crippen molar-refractivity contribution in [1.29, 1.82) is 0 Å². The van der Waals surface area contributed by atoms with Gasteiger partial charge in [0.05, 0.1) is 12.2 Å². The third-order valence-electron chi connectivity index (χ3n) is 5.59. The van der Waals surface area contributed by atoms with E-state index < -0.39 is 15.8 Å². The van der Waals surface area contributed by atoms with E-state index in [1.54, 1.807) is 11.0 Å². The Morgan fingerprint density at radius 1 is 1.00 bits per heavy atom. The average Bonchev–Trinajstić information content (AvgIpc) is 3.10. The van der Waals surface area contributed by atoms with Gasteiger partial charge in [0.25, 0.3) is 5.91 Å². The summed E-state index contributed by atoms with van der Waals surface area (Å²) in [6.45, 7) is 5.22. The van der Waals surface area contributed by atoms with Gasteiger partial charge in [-0.3, -0.25) is 9.48 Å². The molecule has 9 heteroatoms. The van der Waals surface area contributed by atoms with E-state index in [1.165, 1.54) is 22.5 Å². The lowest BCUT2D eigenvalue weighted by molar-refractivity contribution is 0.0697. The van der Waals surface area contributed by atoms with Crippen LogP contribution in [-0.4, -0.2) is 59.5 Å². The second-order valence-corrected chi connectivity index (χ2v) is 9.82. The molecule has 1 aliphatic rings. The number of hydrogen-bond donors (Lipinski definition) is 0. The molecule has 168 valence electrons. The van der Waals surface area contributed by atoms with Crippen molar-refractivity contribution < 1.29 is 17.6 Å². The normalized spacial score (nSPS) is 15.2. The second-order valence-electron chi connectivity index (χ2n) is 7.91. The summed E-state index contributed by atoms with van der Waals surface area (Å²) in [4.78, 5) is 14.3. The molecular weight excluding hydrogens is 431 g/mol. The summed E-state index contributed by atoms with van der Waals surface area (Å²) in [6.07, 6.45) is 0. The fourth-order valence-corrected chi connectivity index (χ4v) is 5.40. The van der Waals surface area contributed by atoms with Crippen LogP contribution in [0.5, 0.6) is 0 Å². The molecule has 3 aromatic rings. The van der Waals surface area contributed by atoms with E-state index in [1.807, 2.05) is 42.8 Å². The molecule has 1 aromatic heterocycles. The fourth-order valence-electron chi connectivity index (χ4n) is 3.92. The summed E-state index contributed by atoms with van der Waals surface area (Å²) in [5, 5.41) is 4.46. The van der Waals surface area contributed by atoms with Crippen LogP contribution in [0.3, 0.4) is 0 Å². The molecule has 0 N–H and O–H groups in total. The summed E-state index contributed by atoms with van der Waals surface area (Å²) in [5.41, 5.74) is 3.50. The smallest absolute Gasteiger partial charge is 0.253 e. The molecule has 32 heavy (non-hydrogen) atoms. The largest absolute Gasteiger partial charge is 0.336 e. The molecule has 0 spiro atoms. The van der Waals surface area contributed by atoms with E-state index in [2.05, 4.69) is 5.10 Å². The van der Waals surface area contributed by atoms with Crippen LogP contribution in [-0.2, 0) is 16.6 Å². The van der Waals surface area contributed by atoms with Crippen LogP contribution in [0.2, 0.25) is 0 Å². The van der Waals surface area contributed by atoms with Crippen LogP contribution in [0.4, 0.5) is 4.39 Å². The number of hydrogen-bond acceptors (Lipinski definition) is 4. The maximum absolute atomic E-state index is 14.0. The Morgan fingerprint density at radius 3 is 2.38 bits per heavy atom. The van der Waals surface area contributed by atoms with E-state index in [0.717, 1.165) is 23.0 Å². The number of aromatic nitrogens is 2. The molecule has 0 saturated carbocycles. The Labute approximate surface area is 187 Å². The Morgan fingerprint density at radius 2 is 1.72 bits per heavy atom. The first-order valence-electron chi connectivity index (χ1n) is 10.4. The first kappa shape index (κ1) is 22.2. The van der Waals surface area contributed by atoms with Crippen LogP contribution < -0.4 is 0 Å². The highest BCUT2D eigenvalue weighted by Gasteiger charge is 2.32. The Balaban J connectivity index is 1.44. The summed E-state index contributed by atoms with van der Waals surface area (Å²) in [6, 6.07) is 14.7. The minimum Gasteiger partial charge on any atom is -0.336 e. The van der Waals surface area contributed by atoms with Gasteiger partial charge in [-0.1, -0.05) is 24.3 Å². The molecule has 2 heterocycles. The number of nitrogens with zero attached hydrogens (tertiary/aromatic N) is 4. The Kier molecular flexibility index (Phi) is 6.12. The molecule has 1 aliphatic heterocycles. The van der Waals surface area contributed by atoms with Crippen LogP contribution in [0.25, 0.3) is 0 Å². The van der Waals surface area contributed by atoms with Crippen molar-refractivity contribution in [3.05, 3.63) is 82.9 Å². The number of rotatable bonds is 5. The van der Waals surface area contributed by atoms with Crippen LogP contribution in [0.1, 0.15) is 27.3 Å². The molecular formula is C23H25FN4O3S. The molecule has 0 bridgehead atoms. The Hall–Kier alpha value is -3.04. The van der Waals surface area contributed by atoms with Gasteiger partial charge in [-0.15, -0.1) is 0 Å². The summed E-state index contributed by atoms with van der Waals surface area (Å²) < 4.78 is 42.7. The average molecular weight is 457 g/mol. The first-order valence-corrected chi connectivity index (χ1v) is 11.8. The van der Waals surface area contributed by atoms with E-state index in [9.17, 15) is 17.6 Å². The van der Waals surface area contributed by atoms with Crippen molar-refractivity contribution in [3.8, 4) is 0 Å². The predicted molar refractivity (Wildman–Crippen MR) is 118 cm³/mol. The summed E-state index contributed by atoms with van der Waals surface area (Å²) in [5.74, 6) is -0.923. The van der Waals surface area contributed by atoms with E-state index in [4.69, 9.17) is 0 Å². The third-order valence-corrected chi connectivity index (χ3v) is 7.52. The van der Waals surface area contributed by atoms with Gasteiger partial charge in [0.15, 0.2) is 0 Å². The number of sulfonamides is 1. The monoisotopic (exact) mass is 456 g/mol. The van der Waals surface area contributed by atoms with Crippen LogP contribution in [0, 0.1) is 19.7 Å². The molecule has 1 fully saturated rings. The minimum absolute atomic E-state index is 0.119. The van der Waals surface area contributed by atoms with Crippen molar-refractivity contribution in [2.45, 2.75) is 25.3 Å². The highest BCUT2D eigenvalue weighted by molar-refractivity contribution is 7.89. The van der Waals surface area contributed by atoms with Gasteiger partial charge in [0.2, 0.25) is 10.0 Å². The zero-order valence-corrected chi connectivity index (χ0v) is 18.8. The van der Waals surface area contributed by atoms with E-state index in [0.29, 0.717) is 12.1 Å². The maximum atomic E-state index is 14.0. The first-order chi connectivity index (χ1) is 15.3. The van der Waals surface area contributed by atoms with Gasteiger partial charge in [-0.2, -0.15) is 9.40 Å². The van der Waals surface area contributed by atoms with Crippen molar-refractivity contribution in [2.24, 2.45) is 0 Å². The van der Waals surface area contributed by atoms with Gasteiger partial charge in [0.1, 0.15) is 10.7 Å². The number of aryl methyl sites for hydroxylation is 2. The number of halogens is 1. The molecule has 0 radical (unpaired) electrons. The van der Waals surface area contributed by atoms with E-state index >= 15 is 0 Å². The molecule has 1 amide bonds. The molecule has 0 unspecified atom stereocenters. The number of benzene rings is 2. The van der Waals surface area contributed by atoms with Gasteiger partial charge >= 0.3 is 0 Å². The zero-order chi connectivity index (χ0) is 22.9. The molecule has 0 atom stereocenters. The van der Waals surface area contributed by atoms with Crippen LogP contribution in [0.15, 0.2) is 59.5 Å². The topological polar surface area (TPSA) is 75.5 Å². The lowest BCUT2D eigenvalue weighted by Gasteiger charge is -2.34. The molecule has 4 rings (SSSR count). The van der Waals surface area contributed by atoms with Crippen molar-refractivity contribution in [1.82, 2.24) is 19.0 Å². The summed E-state index contributed by atoms with van der Waals surface area (Å²) >= 11 is 0. The number of amides is 1. The lowest BCUT2D eigenvalue weighted by Crippen LogP contribution is -2.50. The van der Waals surface area contributed by atoms with Gasteiger partial charge in [-0.05, 0) is 49.7 Å². The number of carbonyl (C=O) groups excluding carboxylic acids is 1. The SMILES string of the molecule is Cc1cc(C)n(Cc2cccc(C(=O)N3CCN(S(=O)(=O)c4ccccc4F)CC3)c2)n1. The Bertz CT molecular complexity index is 1250. The van der Waals surface area contributed by atoms with Crippen molar-refractivity contribution in [2.75, 3.05) is 26.2 Å². The highest BCUT2D eigenvalue weighted by Crippen LogP contribution is 2.21. The standard InChI is InChI=1S/C23H25FN4O3S/c1-17-14-18(2)28(25-17)16-19-6-5-7-20(15-19)23(29)26-10-12-27(13-11-26)32(30,31)22-9-4-3-8-21(22)24/h3-9,14-15H,10-13,16H2,1-2H3. The highest BCUT2D eigenvalue weighted by atomic mass is 32.2. The van der Waals surface area contributed by atoms with Crippen LogP contribution >= 0.6 is 0 Å². The fraction of sp³-hybridized carbons (Fsp3) is 0.304. The second kappa shape index (κ2) is 8.84. The van der Waals surface area contributed by atoms with Crippen molar-refractivity contribution >= 4 is 15.9 Å². The van der Waals surface area contributed by atoms with E-state index in [-0.39, 0.29) is 37.0 Å². The van der Waals surface area contributed by atoms with Gasteiger partial charge in [-0.25, -0.2) is 12.8 Å². The quantitative estimate of drug-likeness (QED) is 0.592. The zero-order valence-electron chi connectivity index (χ0n) is 18.0. The predicted octanol–water partition coefficient (Wildman–Crippen LogP) is 2.83. The molecule has 7 nitrogen and oxygen atoms in total. The number of piperazine rings is 1. The third kappa shape index (κ3) is 4.44. The molecule has 2 aromatic carbocycles. The lowest BCUT2D eigenvalue weighted by atomic mass is 10.1. The van der Waals surface area contributed by atoms with Crippen molar-refractivity contribution in [3.63, 3.8) is 0 Å². The summed E-state index contributed by atoms with van der Waals surface area (Å²) in [7, 11) is -3.94. The molecule has 0 aliphatic carbocycles. The molecule has 1 saturated heterocycles. The number of carbonyl (C=O) groups is 1. The van der Waals surface area contributed by atoms with Gasteiger partial charge < -0.3 is 4.90 Å².